The third-order valence-corrected chi connectivity index (χ3v) is 4.81. The highest BCUT2D eigenvalue weighted by molar-refractivity contribution is 7.81. The molecule has 0 spiro atoms. The zero-order valence-corrected chi connectivity index (χ0v) is 18.6. The minimum absolute atomic E-state index is 0.0147. The number of thiol groups is 1. The number of aliphatic hydroxyl groups is 1. The maximum atomic E-state index is 12.6. The average Bonchev–Trinajstić information content (AvgIpc) is 2.81. The summed E-state index contributed by atoms with van der Waals surface area (Å²) in [5.41, 5.74) is 1.58. The molecule has 2 rings (SSSR count). The third kappa shape index (κ3) is 7.80. The third-order valence-electron chi connectivity index (χ3n) is 4.55. The van der Waals surface area contributed by atoms with Gasteiger partial charge in [-0.1, -0.05) is 25.1 Å². The highest BCUT2D eigenvalue weighted by atomic mass is 32.1. The van der Waals surface area contributed by atoms with Gasteiger partial charge in [0.2, 0.25) is 0 Å². The maximum absolute atomic E-state index is 12.6. The van der Waals surface area contributed by atoms with Crippen molar-refractivity contribution in [2.24, 2.45) is 5.92 Å². The Morgan fingerprint density at radius 2 is 1.88 bits per heavy atom. The molecule has 0 heterocycles. The lowest BCUT2D eigenvalue weighted by Crippen LogP contribution is -2.24. The molecule has 0 aliphatic rings. The Morgan fingerprint density at radius 1 is 1.16 bits per heavy atom. The van der Waals surface area contributed by atoms with Gasteiger partial charge in [-0.05, 0) is 36.8 Å². The average molecular weight is 459 g/mol. The summed E-state index contributed by atoms with van der Waals surface area (Å²) < 4.78 is 16.5. The zero-order valence-electron chi connectivity index (χ0n) is 17.7. The van der Waals surface area contributed by atoms with Crippen molar-refractivity contribution in [3.63, 3.8) is 0 Å². The number of rotatable bonds is 11. The molecular formula is C23H26N2O6S. The Kier molecular flexibility index (Phi) is 10.4. The number of esters is 1. The molecule has 0 radical (unpaired) electrons. The van der Waals surface area contributed by atoms with Crippen LogP contribution in [-0.2, 0) is 14.3 Å². The van der Waals surface area contributed by atoms with Crippen molar-refractivity contribution in [3.8, 4) is 11.8 Å². The number of aliphatic hydroxyl groups excluding tert-OH is 1. The SMILES string of the molecule is C[C@H](CCOC(=O)CS)[C@@H](OC(=O)Nc1ccc(C#N)cc1)c1ccccc1OCCO. The summed E-state index contributed by atoms with van der Waals surface area (Å²) in [4.78, 5) is 24.0. The Balaban J connectivity index is 2.18. The van der Waals surface area contributed by atoms with Crippen molar-refractivity contribution in [1.29, 1.82) is 5.26 Å². The van der Waals surface area contributed by atoms with E-state index in [1.807, 2.05) is 13.0 Å². The van der Waals surface area contributed by atoms with Crippen LogP contribution in [0.1, 0.15) is 30.6 Å². The molecule has 2 aromatic rings. The van der Waals surface area contributed by atoms with Gasteiger partial charge in [0, 0.05) is 17.2 Å². The van der Waals surface area contributed by atoms with Gasteiger partial charge in [0.05, 0.1) is 30.6 Å². The number of nitrogens with zero attached hydrogens (tertiary/aromatic N) is 1. The monoisotopic (exact) mass is 458 g/mol. The van der Waals surface area contributed by atoms with Gasteiger partial charge in [0.1, 0.15) is 18.5 Å². The van der Waals surface area contributed by atoms with Crippen LogP contribution in [0, 0.1) is 17.2 Å². The summed E-state index contributed by atoms with van der Waals surface area (Å²) >= 11 is 3.88. The fourth-order valence-corrected chi connectivity index (χ4v) is 3.03. The lowest BCUT2D eigenvalue weighted by Gasteiger charge is -2.26. The number of ether oxygens (including phenoxy) is 3. The maximum Gasteiger partial charge on any atom is 0.412 e. The van der Waals surface area contributed by atoms with Crippen molar-refractivity contribution in [2.45, 2.75) is 19.4 Å². The van der Waals surface area contributed by atoms with E-state index in [9.17, 15) is 9.59 Å². The van der Waals surface area contributed by atoms with E-state index < -0.39 is 18.2 Å². The van der Waals surface area contributed by atoms with Crippen LogP contribution >= 0.6 is 12.6 Å². The van der Waals surface area contributed by atoms with Crippen LogP contribution in [0.5, 0.6) is 5.75 Å². The number of amides is 1. The number of nitrogens with one attached hydrogen (secondary N) is 1. The van der Waals surface area contributed by atoms with Crippen LogP contribution in [0.3, 0.4) is 0 Å². The molecule has 8 nitrogen and oxygen atoms in total. The quantitative estimate of drug-likeness (QED) is 0.347. The second-order valence-corrected chi connectivity index (χ2v) is 7.21. The minimum Gasteiger partial charge on any atom is -0.491 e. The summed E-state index contributed by atoms with van der Waals surface area (Å²) in [5.74, 6) is -0.187. The lowest BCUT2D eigenvalue weighted by atomic mass is 9.94. The fraction of sp³-hybridized carbons (Fsp3) is 0.348. The van der Waals surface area contributed by atoms with Crippen LogP contribution in [0.25, 0.3) is 0 Å². The van der Waals surface area contributed by atoms with E-state index in [0.717, 1.165) is 0 Å². The second kappa shape index (κ2) is 13.2. The fourth-order valence-electron chi connectivity index (χ4n) is 2.94. The van der Waals surface area contributed by atoms with E-state index in [1.165, 1.54) is 0 Å². The standard InChI is InChI=1S/C23H26N2O6S/c1-16(10-12-30-21(27)15-32)22(19-4-2-3-5-20(19)29-13-11-26)31-23(28)25-18-8-6-17(14-24)7-9-18/h2-9,16,22,26,32H,10-13,15H2,1H3,(H,25,28)/t16-,22-/m1/s1. The van der Waals surface area contributed by atoms with Crippen LogP contribution in [0.15, 0.2) is 48.5 Å². The second-order valence-electron chi connectivity index (χ2n) is 6.89. The van der Waals surface area contributed by atoms with Gasteiger partial charge in [0.15, 0.2) is 0 Å². The number of anilines is 1. The van der Waals surface area contributed by atoms with Crippen LogP contribution in [0.4, 0.5) is 10.5 Å². The minimum atomic E-state index is -0.710. The highest BCUT2D eigenvalue weighted by Gasteiger charge is 2.27. The molecular weight excluding hydrogens is 432 g/mol. The number of nitriles is 1. The number of para-hydroxylation sites is 1. The molecule has 0 bridgehead atoms. The summed E-state index contributed by atoms with van der Waals surface area (Å²) in [6, 6.07) is 15.5. The van der Waals surface area contributed by atoms with E-state index in [0.29, 0.717) is 29.0 Å². The summed E-state index contributed by atoms with van der Waals surface area (Å²) in [7, 11) is 0. The van der Waals surface area contributed by atoms with Gasteiger partial charge in [-0.2, -0.15) is 17.9 Å². The molecule has 170 valence electrons. The molecule has 1 amide bonds. The first-order valence-corrected chi connectivity index (χ1v) is 10.7. The number of benzene rings is 2. The van der Waals surface area contributed by atoms with Gasteiger partial charge in [-0.25, -0.2) is 4.79 Å². The van der Waals surface area contributed by atoms with Crippen LogP contribution < -0.4 is 10.1 Å². The number of carbonyl (C=O) groups excluding carboxylic acids is 2. The van der Waals surface area contributed by atoms with Gasteiger partial charge in [-0.15, -0.1) is 0 Å². The van der Waals surface area contributed by atoms with Crippen molar-refractivity contribution >= 4 is 30.4 Å². The molecule has 0 saturated heterocycles. The molecule has 0 saturated carbocycles. The van der Waals surface area contributed by atoms with Gasteiger partial charge < -0.3 is 19.3 Å². The lowest BCUT2D eigenvalue weighted by molar-refractivity contribution is -0.141. The summed E-state index contributed by atoms with van der Waals surface area (Å²) in [6.07, 6.45) is -0.961. The largest absolute Gasteiger partial charge is 0.491 e. The van der Waals surface area contributed by atoms with Crippen molar-refractivity contribution in [1.82, 2.24) is 0 Å². The first-order chi connectivity index (χ1) is 15.5. The summed E-state index contributed by atoms with van der Waals surface area (Å²) in [5, 5.41) is 20.7. The number of hydrogen-bond acceptors (Lipinski definition) is 8. The first-order valence-electron chi connectivity index (χ1n) is 10.0. The Bertz CT molecular complexity index is 929. The number of hydrogen-bond donors (Lipinski definition) is 3. The predicted octanol–water partition coefficient (Wildman–Crippen LogP) is 3.72. The molecule has 9 heteroatoms. The molecule has 0 aliphatic carbocycles. The van der Waals surface area contributed by atoms with Gasteiger partial charge in [0.25, 0.3) is 0 Å². The molecule has 32 heavy (non-hydrogen) atoms. The molecule has 0 unspecified atom stereocenters. The smallest absolute Gasteiger partial charge is 0.412 e. The van der Waals surface area contributed by atoms with E-state index in [4.69, 9.17) is 24.6 Å². The van der Waals surface area contributed by atoms with E-state index in [2.05, 4.69) is 17.9 Å². The van der Waals surface area contributed by atoms with E-state index in [-0.39, 0.29) is 31.5 Å². The predicted molar refractivity (Wildman–Crippen MR) is 122 cm³/mol. The van der Waals surface area contributed by atoms with E-state index >= 15 is 0 Å². The first kappa shape index (κ1) is 25.0. The molecule has 0 aliphatic heterocycles. The zero-order chi connectivity index (χ0) is 23.3. The molecule has 2 atom stereocenters. The Hall–Kier alpha value is -3.22. The molecule has 0 fully saturated rings. The molecule has 0 aromatic heterocycles. The highest BCUT2D eigenvalue weighted by Crippen LogP contribution is 2.35. The van der Waals surface area contributed by atoms with Crippen molar-refractivity contribution < 1.29 is 28.9 Å². The van der Waals surface area contributed by atoms with E-state index in [1.54, 1.807) is 48.5 Å². The summed E-state index contributed by atoms with van der Waals surface area (Å²) in [6.45, 7) is 1.96. The van der Waals surface area contributed by atoms with Crippen LogP contribution in [0.2, 0.25) is 0 Å². The molecule has 2 N–H and O–H groups in total. The Labute approximate surface area is 192 Å². The number of carbonyl (C=O) groups is 2. The van der Waals surface area contributed by atoms with Crippen LogP contribution in [-0.4, -0.2) is 42.7 Å². The van der Waals surface area contributed by atoms with Crippen molar-refractivity contribution in [3.05, 3.63) is 59.7 Å². The normalized spacial score (nSPS) is 12.2. The van der Waals surface area contributed by atoms with Gasteiger partial charge >= 0.3 is 12.1 Å². The van der Waals surface area contributed by atoms with Gasteiger partial charge in [-0.3, -0.25) is 10.1 Å². The topological polar surface area (TPSA) is 118 Å². The molecule has 2 aromatic carbocycles. The Morgan fingerprint density at radius 3 is 2.53 bits per heavy atom. The van der Waals surface area contributed by atoms with Crippen molar-refractivity contribution in [2.75, 3.05) is 30.9 Å².